The molecule has 0 aromatic carbocycles. The minimum absolute atomic E-state index is 0.0923. The molecule has 0 radical (unpaired) electrons. The SMILES string of the molecule is NC(=O)c1cnc2[nH]ccc2c1N[C@H]1CCN(c2ccc(C(F)(F)F)nn2)C[C@H]1F. The van der Waals surface area contributed by atoms with E-state index in [0.29, 0.717) is 29.7 Å². The number of H-pyrrole nitrogens is 1. The molecule has 30 heavy (non-hydrogen) atoms. The number of halogens is 4. The lowest BCUT2D eigenvalue weighted by Gasteiger charge is -2.36. The lowest BCUT2D eigenvalue weighted by Crippen LogP contribution is -2.48. The summed E-state index contributed by atoms with van der Waals surface area (Å²) in [6, 6.07) is 3.06. The van der Waals surface area contributed by atoms with Crippen molar-refractivity contribution in [2.24, 2.45) is 5.73 Å². The van der Waals surface area contributed by atoms with Gasteiger partial charge < -0.3 is 20.9 Å². The fourth-order valence-electron chi connectivity index (χ4n) is 3.46. The Kier molecular flexibility index (Phi) is 4.92. The third-order valence-corrected chi connectivity index (χ3v) is 4.99. The van der Waals surface area contributed by atoms with Gasteiger partial charge in [0, 0.05) is 24.3 Å². The molecule has 2 atom stereocenters. The maximum atomic E-state index is 14.9. The number of carbonyl (C=O) groups is 1. The van der Waals surface area contributed by atoms with Crippen molar-refractivity contribution in [3.05, 3.63) is 41.9 Å². The van der Waals surface area contributed by atoms with Crippen molar-refractivity contribution in [2.45, 2.75) is 24.8 Å². The second-order valence-electron chi connectivity index (χ2n) is 6.93. The highest BCUT2D eigenvalue weighted by molar-refractivity contribution is 6.06. The average Bonchev–Trinajstić information content (AvgIpc) is 3.18. The van der Waals surface area contributed by atoms with E-state index in [9.17, 15) is 22.4 Å². The summed E-state index contributed by atoms with van der Waals surface area (Å²) in [5, 5.41) is 10.4. The van der Waals surface area contributed by atoms with Crippen LogP contribution in [0.5, 0.6) is 0 Å². The third kappa shape index (κ3) is 3.72. The molecule has 3 aromatic rings. The molecule has 0 aliphatic carbocycles. The predicted octanol–water partition coefficient (Wildman–Crippen LogP) is 2.50. The van der Waals surface area contributed by atoms with Crippen molar-refractivity contribution in [1.82, 2.24) is 20.2 Å². The first kappa shape index (κ1) is 19.9. The van der Waals surface area contributed by atoms with Gasteiger partial charge in [-0.2, -0.15) is 13.2 Å². The first-order chi connectivity index (χ1) is 14.2. The van der Waals surface area contributed by atoms with Crippen molar-refractivity contribution in [2.75, 3.05) is 23.3 Å². The summed E-state index contributed by atoms with van der Waals surface area (Å²) in [6.45, 7) is 0.246. The van der Waals surface area contributed by atoms with Crippen molar-refractivity contribution in [1.29, 1.82) is 0 Å². The Morgan fingerprint density at radius 1 is 1.27 bits per heavy atom. The number of aromatic amines is 1. The van der Waals surface area contributed by atoms with Crippen LogP contribution in [0.4, 0.5) is 29.1 Å². The maximum Gasteiger partial charge on any atom is 0.435 e. The number of nitrogens with zero attached hydrogens (tertiary/aromatic N) is 4. The molecule has 1 fully saturated rings. The number of fused-ring (bicyclic) bond motifs is 1. The van der Waals surface area contributed by atoms with Crippen molar-refractivity contribution in [3.63, 3.8) is 0 Å². The van der Waals surface area contributed by atoms with Crippen LogP contribution in [0.2, 0.25) is 0 Å². The van der Waals surface area contributed by atoms with Crippen LogP contribution in [0.25, 0.3) is 11.0 Å². The van der Waals surface area contributed by atoms with Crippen LogP contribution in [0.1, 0.15) is 22.5 Å². The molecule has 0 unspecified atom stereocenters. The van der Waals surface area contributed by atoms with Gasteiger partial charge in [0.2, 0.25) is 0 Å². The topological polar surface area (TPSA) is 113 Å². The van der Waals surface area contributed by atoms with E-state index in [2.05, 4.69) is 25.5 Å². The van der Waals surface area contributed by atoms with Gasteiger partial charge in [-0.15, -0.1) is 10.2 Å². The average molecular weight is 423 g/mol. The van der Waals surface area contributed by atoms with Gasteiger partial charge in [0.1, 0.15) is 11.8 Å². The summed E-state index contributed by atoms with van der Waals surface area (Å²) in [7, 11) is 0. The quantitative estimate of drug-likeness (QED) is 0.556. The van der Waals surface area contributed by atoms with E-state index in [1.54, 1.807) is 12.3 Å². The molecule has 0 saturated carbocycles. The van der Waals surface area contributed by atoms with Gasteiger partial charge >= 0.3 is 6.18 Å². The molecule has 4 N–H and O–H groups in total. The zero-order valence-corrected chi connectivity index (χ0v) is 15.4. The maximum absolute atomic E-state index is 14.9. The van der Waals surface area contributed by atoms with Gasteiger partial charge in [0.05, 0.1) is 23.8 Å². The number of hydrogen-bond acceptors (Lipinski definition) is 6. The molecule has 8 nitrogen and oxygen atoms in total. The van der Waals surface area contributed by atoms with Crippen molar-refractivity contribution >= 4 is 28.4 Å². The summed E-state index contributed by atoms with van der Waals surface area (Å²) < 4.78 is 52.8. The molecule has 158 valence electrons. The second-order valence-corrected chi connectivity index (χ2v) is 6.93. The molecular weight excluding hydrogens is 406 g/mol. The zero-order chi connectivity index (χ0) is 21.5. The van der Waals surface area contributed by atoms with Gasteiger partial charge in [0.25, 0.3) is 5.91 Å². The van der Waals surface area contributed by atoms with Crippen LogP contribution < -0.4 is 16.0 Å². The molecule has 0 bridgehead atoms. The smallest absolute Gasteiger partial charge is 0.378 e. The van der Waals surface area contributed by atoms with E-state index in [-0.39, 0.29) is 17.9 Å². The minimum atomic E-state index is -4.59. The van der Waals surface area contributed by atoms with E-state index < -0.39 is 30.0 Å². The summed E-state index contributed by atoms with van der Waals surface area (Å²) in [6.07, 6.45) is -2.69. The van der Waals surface area contributed by atoms with Gasteiger partial charge in [-0.1, -0.05) is 0 Å². The Hall–Kier alpha value is -3.44. The van der Waals surface area contributed by atoms with Crippen LogP contribution in [-0.4, -0.2) is 51.4 Å². The van der Waals surface area contributed by atoms with Crippen molar-refractivity contribution in [3.8, 4) is 0 Å². The van der Waals surface area contributed by atoms with Crippen LogP contribution >= 0.6 is 0 Å². The molecule has 1 saturated heterocycles. The summed E-state index contributed by atoms with van der Waals surface area (Å²) in [4.78, 5) is 20.3. The molecule has 1 aliphatic rings. The minimum Gasteiger partial charge on any atom is -0.378 e. The van der Waals surface area contributed by atoms with E-state index in [4.69, 9.17) is 5.73 Å². The van der Waals surface area contributed by atoms with E-state index >= 15 is 0 Å². The number of nitrogens with two attached hydrogens (primary N) is 1. The second kappa shape index (κ2) is 7.43. The standard InChI is InChI=1S/C18H17F4N7O/c19-11-8-29(14-2-1-13(27-28-14)18(20,21)22)6-4-12(11)26-15-9-3-5-24-17(9)25-7-10(15)16(23)30/h1-3,5,7,11-12H,4,6,8H2,(H2,23,30)(H2,24,25,26)/t11-,12+/m1/s1. The number of carbonyl (C=O) groups excluding carboxylic acids is 1. The normalized spacial score (nSPS) is 19.8. The van der Waals surface area contributed by atoms with E-state index in [1.807, 2.05) is 0 Å². The van der Waals surface area contributed by atoms with Crippen molar-refractivity contribution < 1.29 is 22.4 Å². The fraction of sp³-hybridized carbons (Fsp3) is 0.333. The number of aromatic nitrogens is 4. The Balaban J connectivity index is 1.51. The third-order valence-electron chi connectivity index (χ3n) is 4.99. The Bertz CT molecular complexity index is 1070. The number of piperidine rings is 1. The Labute approximate surface area is 167 Å². The number of anilines is 2. The Morgan fingerprint density at radius 2 is 2.07 bits per heavy atom. The van der Waals surface area contributed by atoms with Crippen LogP contribution in [0.3, 0.4) is 0 Å². The van der Waals surface area contributed by atoms with Crippen LogP contribution in [0, 0.1) is 0 Å². The highest BCUT2D eigenvalue weighted by Gasteiger charge is 2.34. The monoisotopic (exact) mass is 423 g/mol. The predicted molar refractivity (Wildman–Crippen MR) is 101 cm³/mol. The molecule has 4 rings (SSSR count). The van der Waals surface area contributed by atoms with Gasteiger partial charge in [-0.05, 0) is 24.6 Å². The molecule has 1 aliphatic heterocycles. The summed E-state index contributed by atoms with van der Waals surface area (Å²) in [5.74, 6) is -0.528. The largest absolute Gasteiger partial charge is 0.435 e. The fourth-order valence-corrected chi connectivity index (χ4v) is 3.46. The molecule has 0 spiro atoms. The molecular formula is C18H17F4N7O. The van der Waals surface area contributed by atoms with Gasteiger partial charge in [-0.25, -0.2) is 9.37 Å². The van der Waals surface area contributed by atoms with Gasteiger partial charge in [0.15, 0.2) is 11.5 Å². The molecule has 4 heterocycles. The zero-order valence-electron chi connectivity index (χ0n) is 15.4. The van der Waals surface area contributed by atoms with Crippen LogP contribution in [-0.2, 0) is 6.18 Å². The Morgan fingerprint density at radius 3 is 2.70 bits per heavy atom. The lowest BCUT2D eigenvalue weighted by atomic mass is 10.0. The highest BCUT2D eigenvalue weighted by atomic mass is 19.4. The van der Waals surface area contributed by atoms with Crippen LogP contribution in [0.15, 0.2) is 30.6 Å². The molecule has 12 heteroatoms. The van der Waals surface area contributed by atoms with E-state index in [0.717, 1.165) is 6.07 Å². The lowest BCUT2D eigenvalue weighted by molar-refractivity contribution is -0.141. The number of primary amides is 1. The number of amides is 1. The summed E-state index contributed by atoms with van der Waals surface area (Å²) in [5.41, 5.74) is 5.38. The molecule has 3 aromatic heterocycles. The number of alkyl halides is 4. The number of pyridine rings is 1. The van der Waals surface area contributed by atoms with E-state index in [1.165, 1.54) is 17.2 Å². The molecule has 1 amide bonds. The first-order valence-electron chi connectivity index (χ1n) is 9.06. The first-order valence-corrected chi connectivity index (χ1v) is 9.06. The summed E-state index contributed by atoms with van der Waals surface area (Å²) >= 11 is 0. The highest BCUT2D eigenvalue weighted by Crippen LogP contribution is 2.30. The number of nitrogens with one attached hydrogen (secondary N) is 2. The van der Waals surface area contributed by atoms with Gasteiger partial charge in [-0.3, -0.25) is 4.79 Å². The number of rotatable bonds is 4. The number of hydrogen-bond donors (Lipinski definition) is 3.